The van der Waals surface area contributed by atoms with Gasteiger partial charge in [0.05, 0.1) is 19.3 Å². The van der Waals surface area contributed by atoms with Crippen LogP contribution in [0.2, 0.25) is 0 Å². The number of nitrogens with zero attached hydrogens (tertiary/aromatic N) is 1. The van der Waals surface area contributed by atoms with Crippen molar-refractivity contribution >= 4 is 11.7 Å². The van der Waals surface area contributed by atoms with Crippen LogP contribution in [0.5, 0.6) is 17.2 Å². The maximum absolute atomic E-state index is 11.5. The van der Waals surface area contributed by atoms with Crippen molar-refractivity contribution < 1.29 is 19.0 Å². The molecule has 0 aliphatic carbocycles. The van der Waals surface area contributed by atoms with E-state index in [9.17, 15) is 4.79 Å². The molecule has 5 nitrogen and oxygen atoms in total. The second kappa shape index (κ2) is 10.2. The minimum Gasteiger partial charge on any atom is -0.493 e. The molecule has 1 aliphatic rings. The van der Waals surface area contributed by atoms with E-state index >= 15 is 0 Å². The van der Waals surface area contributed by atoms with Crippen molar-refractivity contribution in [2.75, 3.05) is 31.7 Å². The molecule has 178 valence electrons. The van der Waals surface area contributed by atoms with Gasteiger partial charge in [-0.05, 0) is 78.1 Å². The molecule has 1 aliphatic heterocycles. The van der Waals surface area contributed by atoms with E-state index < -0.39 is 0 Å². The number of hydrogen-bond donors (Lipinski definition) is 0. The molecule has 3 aromatic rings. The lowest BCUT2D eigenvalue weighted by atomic mass is 9.87. The Morgan fingerprint density at radius 2 is 1.47 bits per heavy atom. The fourth-order valence-corrected chi connectivity index (χ4v) is 4.11. The largest absolute Gasteiger partial charge is 0.493 e. The van der Waals surface area contributed by atoms with Gasteiger partial charge in [0.15, 0.2) is 0 Å². The van der Waals surface area contributed by atoms with Crippen molar-refractivity contribution in [2.45, 2.75) is 32.6 Å². The van der Waals surface area contributed by atoms with Crippen molar-refractivity contribution in [3.8, 4) is 17.2 Å². The molecule has 5 heteroatoms. The molecule has 0 N–H and O–H groups in total. The number of benzene rings is 3. The molecule has 1 atom stereocenters. The third-order valence-electron chi connectivity index (χ3n) is 6.20. The average molecular weight is 460 g/mol. The lowest BCUT2D eigenvalue weighted by molar-refractivity contribution is 0.0600. The zero-order valence-electron chi connectivity index (χ0n) is 20.4. The minimum atomic E-state index is -0.340. The van der Waals surface area contributed by atoms with Crippen LogP contribution in [0.15, 0.2) is 72.8 Å². The van der Waals surface area contributed by atoms with Gasteiger partial charge < -0.3 is 19.1 Å². The Morgan fingerprint density at radius 3 is 2.06 bits per heavy atom. The van der Waals surface area contributed by atoms with Crippen LogP contribution in [-0.4, -0.2) is 32.8 Å². The predicted molar refractivity (Wildman–Crippen MR) is 135 cm³/mol. The molecule has 0 radical (unpaired) electrons. The second-order valence-electron chi connectivity index (χ2n) is 9.80. The topological polar surface area (TPSA) is 48.0 Å². The summed E-state index contributed by atoms with van der Waals surface area (Å²) in [5.41, 5.74) is 3.14. The lowest BCUT2D eigenvalue weighted by Crippen LogP contribution is -2.21. The SMILES string of the molecule is COC(=O)c1ccc(OCC2CCN(c3ccc(Oc4ccc(C(C)(C)C)cc4)cc3)C2)cc1. The van der Waals surface area contributed by atoms with E-state index in [0.717, 1.165) is 36.8 Å². The number of rotatable bonds is 7. The molecular weight excluding hydrogens is 426 g/mol. The number of esters is 1. The molecular formula is C29H33NO4. The van der Waals surface area contributed by atoms with Gasteiger partial charge in [-0.25, -0.2) is 4.79 Å². The first kappa shape index (κ1) is 23.7. The first-order chi connectivity index (χ1) is 16.3. The summed E-state index contributed by atoms with van der Waals surface area (Å²) >= 11 is 0. The highest BCUT2D eigenvalue weighted by atomic mass is 16.5. The molecule has 0 bridgehead atoms. The van der Waals surface area contributed by atoms with E-state index in [4.69, 9.17) is 14.2 Å². The van der Waals surface area contributed by atoms with Crippen LogP contribution in [0, 0.1) is 5.92 Å². The number of carbonyl (C=O) groups excluding carboxylic acids is 1. The Bertz CT molecular complexity index is 1080. The predicted octanol–water partition coefficient (Wildman–Crippen LogP) is 6.47. The summed E-state index contributed by atoms with van der Waals surface area (Å²) in [5, 5.41) is 0. The van der Waals surface area contributed by atoms with Gasteiger partial charge in [0, 0.05) is 24.7 Å². The van der Waals surface area contributed by atoms with Crippen LogP contribution in [0.25, 0.3) is 0 Å². The van der Waals surface area contributed by atoms with Crippen LogP contribution in [0.3, 0.4) is 0 Å². The number of hydrogen-bond acceptors (Lipinski definition) is 5. The molecule has 0 spiro atoms. The van der Waals surface area contributed by atoms with E-state index in [1.807, 2.05) is 36.4 Å². The van der Waals surface area contributed by atoms with Crippen molar-refractivity contribution in [3.63, 3.8) is 0 Å². The third-order valence-corrected chi connectivity index (χ3v) is 6.20. The van der Waals surface area contributed by atoms with E-state index in [1.54, 1.807) is 12.1 Å². The molecule has 1 saturated heterocycles. The number of anilines is 1. The molecule has 1 heterocycles. The number of carbonyl (C=O) groups is 1. The first-order valence-corrected chi connectivity index (χ1v) is 11.8. The summed E-state index contributed by atoms with van der Waals surface area (Å²) in [5.74, 6) is 2.56. The first-order valence-electron chi connectivity index (χ1n) is 11.8. The maximum Gasteiger partial charge on any atom is 0.337 e. The van der Waals surface area contributed by atoms with E-state index in [-0.39, 0.29) is 11.4 Å². The molecule has 1 fully saturated rings. The highest BCUT2D eigenvalue weighted by Crippen LogP contribution is 2.30. The van der Waals surface area contributed by atoms with E-state index in [0.29, 0.717) is 18.1 Å². The average Bonchev–Trinajstić information content (AvgIpc) is 3.32. The molecule has 34 heavy (non-hydrogen) atoms. The second-order valence-corrected chi connectivity index (χ2v) is 9.80. The van der Waals surface area contributed by atoms with Gasteiger partial charge in [-0.3, -0.25) is 0 Å². The van der Waals surface area contributed by atoms with Crippen LogP contribution in [0.4, 0.5) is 5.69 Å². The number of methoxy groups -OCH3 is 1. The Morgan fingerprint density at radius 1 is 0.882 bits per heavy atom. The summed E-state index contributed by atoms with van der Waals surface area (Å²) in [6.07, 6.45) is 1.08. The molecule has 1 unspecified atom stereocenters. The summed E-state index contributed by atoms with van der Waals surface area (Å²) < 4.78 is 16.7. The smallest absolute Gasteiger partial charge is 0.337 e. The zero-order chi connectivity index (χ0) is 24.1. The summed E-state index contributed by atoms with van der Waals surface area (Å²) in [6.45, 7) is 9.24. The van der Waals surface area contributed by atoms with Crippen molar-refractivity contribution in [1.82, 2.24) is 0 Å². The van der Waals surface area contributed by atoms with Gasteiger partial charge in [0.1, 0.15) is 17.2 Å². The Hall–Kier alpha value is -3.47. The van der Waals surface area contributed by atoms with Crippen LogP contribution in [-0.2, 0) is 10.2 Å². The summed E-state index contributed by atoms with van der Waals surface area (Å²) in [6, 6.07) is 23.7. The maximum atomic E-state index is 11.5. The highest BCUT2D eigenvalue weighted by Gasteiger charge is 2.23. The van der Waals surface area contributed by atoms with Crippen LogP contribution >= 0.6 is 0 Å². The van der Waals surface area contributed by atoms with Crippen LogP contribution in [0.1, 0.15) is 43.1 Å². The number of ether oxygens (including phenoxy) is 3. The van der Waals surface area contributed by atoms with Gasteiger partial charge in [-0.15, -0.1) is 0 Å². The van der Waals surface area contributed by atoms with Gasteiger partial charge in [-0.1, -0.05) is 32.9 Å². The van der Waals surface area contributed by atoms with E-state index in [2.05, 4.69) is 49.9 Å². The normalized spacial score (nSPS) is 15.8. The van der Waals surface area contributed by atoms with E-state index in [1.165, 1.54) is 18.4 Å². The quantitative estimate of drug-likeness (QED) is 0.379. The Kier molecular flexibility index (Phi) is 7.11. The summed E-state index contributed by atoms with van der Waals surface area (Å²) in [4.78, 5) is 13.9. The molecule has 4 rings (SSSR count). The van der Waals surface area contributed by atoms with Gasteiger partial charge >= 0.3 is 5.97 Å². The fraction of sp³-hybridized carbons (Fsp3) is 0.345. The fourth-order valence-electron chi connectivity index (χ4n) is 4.11. The van der Waals surface area contributed by atoms with Crippen molar-refractivity contribution in [3.05, 3.63) is 83.9 Å². The molecule has 3 aromatic carbocycles. The van der Waals surface area contributed by atoms with Crippen molar-refractivity contribution in [1.29, 1.82) is 0 Å². The Balaban J connectivity index is 1.27. The molecule has 0 amide bonds. The minimum absolute atomic E-state index is 0.133. The van der Waals surface area contributed by atoms with Crippen LogP contribution < -0.4 is 14.4 Å². The highest BCUT2D eigenvalue weighted by molar-refractivity contribution is 5.89. The monoisotopic (exact) mass is 459 g/mol. The van der Waals surface area contributed by atoms with Gasteiger partial charge in [0.2, 0.25) is 0 Å². The van der Waals surface area contributed by atoms with Crippen molar-refractivity contribution in [2.24, 2.45) is 5.92 Å². The molecule has 0 aromatic heterocycles. The van der Waals surface area contributed by atoms with Gasteiger partial charge in [-0.2, -0.15) is 0 Å². The zero-order valence-corrected chi connectivity index (χ0v) is 20.4. The van der Waals surface area contributed by atoms with Gasteiger partial charge in [0.25, 0.3) is 0 Å². The summed E-state index contributed by atoms with van der Waals surface area (Å²) in [7, 11) is 1.38. The third kappa shape index (κ3) is 5.90. The molecule has 0 saturated carbocycles. The Labute approximate surface area is 202 Å². The lowest BCUT2D eigenvalue weighted by Gasteiger charge is -2.20. The standard InChI is InChI=1S/C29H33NO4/c1-29(2,3)23-7-13-26(14-8-23)34-27-15-9-24(10-16-27)30-18-17-21(19-30)20-33-25-11-5-22(6-12-25)28(31)32-4/h5-16,21H,17-20H2,1-4H3.